The molecule has 2 saturated heterocycles. The van der Waals surface area contributed by atoms with Crippen molar-refractivity contribution in [3.05, 3.63) is 35.9 Å². The van der Waals surface area contributed by atoms with E-state index in [1.165, 1.54) is 0 Å². The van der Waals surface area contributed by atoms with Crippen molar-refractivity contribution < 1.29 is 23.9 Å². The van der Waals surface area contributed by atoms with E-state index in [2.05, 4.69) is 10.6 Å². The Morgan fingerprint density at radius 3 is 2.45 bits per heavy atom. The molecule has 2 aliphatic heterocycles. The molecule has 1 saturated carbocycles. The summed E-state index contributed by atoms with van der Waals surface area (Å²) >= 11 is 0. The summed E-state index contributed by atoms with van der Waals surface area (Å²) < 4.78 is 5.32. The van der Waals surface area contributed by atoms with Crippen LogP contribution in [-0.4, -0.2) is 78.0 Å². The highest BCUT2D eigenvalue weighted by molar-refractivity contribution is 6.09. The van der Waals surface area contributed by atoms with Gasteiger partial charge in [0.25, 0.3) is 5.91 Å². The first-order chi connectivity index (χ1) is 15.0. The standard InChI is InChI=1S/C22H28N4O5/c27-18(15-26-20(29)22(24-21(26)30)8-4-5-9-22)23-17(14-16-6-2-1-3-7-16)19(28)25-10-12-31-13-11-25/h1-3,6-7,17H,4-5,8-15H2,(H,23,27)(H,24,30). The van der Waals surface area contributed by atoms with E-state index in [9.17, 15) is 19.2 Å². The van der Waals surface area contributed by atoms with Gasteiger partial charge in [-0.25, -0.2) is 4.79 Å². The van der Waals surface area contributed by atoms with Crippen molar-refractivity contribution >= 4 is 23.8 Å². The number of ether oxygens (including phenoxy) is 1. The number of carbonyl (C=O) groups excluding carboxylic acids is 4. The molecule has 3 aliphatic rings. The van der Waals surface area contributed by atoms with Crippen molar-refractivity contribution in [1.82, 2.24) is 20.4 Å². The largest absolute Gasteiger partial charge is 0.378 e. The fourth-order valence-corrected chi connectivity index (χ4v) is 4.57. The van der Waals surface area contributed by atoms with Crippen LogP contribution in [0.2, 0.25) is 0 Å². The summed E-state index contributed by atoms with van der Waals surface area (Å²) in [6.45, 7) is 1.46. The highest BCUT2D eigenvalue weighted by atomic mass is 16.5. The van der Waals surface area contributed by atoms with Crippen LogP contribution >= 0.6 is 0 Å². The Bertz CT molecular complexity index is 847. The summed E-state index contributed by atoms with van der Waals surface area (Å²) in [5.41, 5.74) is 0.0547. The minimum absolute atomic E-state index is 0.190. The highest BCUT2D eigenvalue weighted by Crippen LogP contribution is 2.34. The number of imide groups is 1. The average molecular weight is 428 g/mol. The van der Waals surface area contributed by atoms with Crippen molar-refractivity contribution in [3.63, 3.8) is 0 Å². The number of hydrogen-bond acceptors (Lipinski definition) is 5. The Balaban J connectivity index is 1.44. The van der Waals surface area contributed by atoms with Crippen LogP contribution in [0.5, 0.6) is 0 Å². The van der Waals surface area contributed by atoms with E-state index in [1.54, 1.807) is 4.90 Å². The molecule has 1 spiro atoms. The number of morpholine rings is 1. The Kier molecular flexibility index (Phi) is 6.22. The maximum atomic E-state index is 13.1. The molecular weight excluding hydrogens is 400 g/mol. The number of nitrogens with one attached hydrogen (secondary N) is 2. The fourth-order valence-electron chi connectivity index (χ4n) is 4.57. The first kappa shape index (κ1) is 21.3. The molecule has 0 bridgehead atoms. The van der Waals surface area contributed by atoms with Crippen LogP contribution in [-0.2, 0) is 25.5 Å². The van der Waals surface area contributed by atoms with Gasteiger partial charge in [0.15, 0.2) is 0 Å². The SMILES string of the molecule is O=C(CN1C(=O)NC2(CCCC2)C1=O)NC(Cc1ccccc1)C(=O)N1CCOCC1. The second kappa shape index (κ2) is 9.05. The van der Waals surface area contributed by atoms with Gasteiger partial charge in [-0.05, 0) is 18.4 Å². The lowest BCUT2D eigenvalue weighted by atomic mass is 9.98. The van der Waals surface area contributed by atoms with Gasteiger partial charge in [0, 0.05) is 19.5 Å². The predicted molar refractivity (Wildman–Crippen MR) is 111 cm³/mol. The maximum Gasteiger partial charge on any atom is 0.325 e. The smallest absolute Gasteiger partial charge is 0.325 e. The number of benzene rings is 1. The van der Waals surface area contributed by atoms with Crippen LogP contribution in [0.3, 0.4) is 0 Å². The summed E-state index contributed by atoms with van der Waals surface area (Å²) in [4.78, 5) is 53.7. The van der Waals surface area contributed by atoms with Crippen molar-refractivity contribution in [3.8, 4) is 0 Å². The van der Waals surface area contributed by atoms with Gasteiger partial charge < -0.3 is 20.3 Å². The summed E-state index contributed by atoms with van der Waals surface area (Å²) in [7, 11) is 0. The van der Waals surface area contributed by atoms with E-state index in [-0.39, 0.29) is 11.8 Å². The number of amides is 5. The number of urea groups is 1. The van der Waals surface area contributed by atoms with Crippen molar-refractivity contribution in [2.45, 2.75) is 43.7 Å². The molecule has 4 rings (SSSR count). The van der Waals surface area contributed by atoms with E-state index in [0.29, 0.717) is 45.6 Å². The zero-order chi connectivity index (χ0) is 21.8. The van der Waals surface area contributed by atoms with Crippen LogP contribution < -0.4 is 10.6 Å². The molecule has 31 heavy (non-hydrogen) atoms. The lowest BCUT2D eigenvalue weighted by molar-refractivity contribution is -0.140. The van der Waals surface area contributed by atoms with Crippen LogP contribution in [0, 0.1) is 0 Å². The molecule has 9 heteroatoms. The predicted octanol–water partition coefficient (Wildman–Crippen LogP) is 0.437. The van der Waals surface area contributed by atoms with Crippen LogP contribution in [0.25, 0.3) is 0 Å². The second-order valence-electron chi connectivity index (χ2n) is 8.36. The molecule has 1 atom stereocenters. The average Bonchev–Trinajstić information content (AvgIpc) is 3.34. The maximum absolute atomic E-state index is 13.1. The molecule has 0 aromatic heterocycles. The summed E-state index contributed by atoms with van der Waals surface area (Å²) in [6, 6.07) is 8.11. The van der Waals surface area contributed by atoms with Crippen LogP contribution in [0.1, 0.15) is 31.2 Å². The Labute approximate surface area is 181 Å². The molecule has 2 N–H and O–H groups in total. The number of carbonyl (C=O) groups is 4. The Morgan fingerprint density at radius 2 is 1.77 bits per heavy atom. The topological polar surface area (TPSA) is 108 Å². The monoisotopic (exact) mass is 428 g/mol. The third kappa shape index (κ3) is 4.56. The molecule has 166 valence electrons. The summed E-state index contributed by atoms with van der Waals surface area (Å²) in [5, 5.41) is 5.54. The number of hydrogen-bond donors (Lipinski definition) is 2. The van der Waals surface area contributed by atoms with Crippen LogP contribution in [0.4, 0.5) is 4.79 Å². The molecule has 1 aromatic carbocycles. The first-order valence-electron chi connectivity index (χ1n) is 10.8. The van der Waals surface area contributed by atoms with Crippen LogP contribution in [0.15, 0.2) is 30.3 Å². The minimum atomic E-state index is -0.857. The first-order valence-corrected chi connectivity index (χ1v) is 10.8. The van der Waals surface area contributed by atoms with Gasteiger partial charge in [-0.3, -0.25) is 19.3 Å². The second-order valence-corrected chi connectivity index (χ2v) is 8.36. The van der Waals surface area contributed by atoms with E-state index >= 15 is 0 Å². The Hall–Kier alpha value is -2.94. The molecule has 1 aromatic rings. The third-order valence-corrected chi connectivity index (χ3v) is 6.24. The molecular formula is C22H28N4O5. The van der Waals surface area contributed by atoms with Gasteiger partial charge in [0.1, 0.15) is 18.1 Å². The summed E-state index contributed by atoms with van der Waals surface area (Å²) in [6.07, 6.45) is 3.27. The molecule has 1 unspecified atom stereocenters. The lowest BCUT2D eigenvalue weighted by Crippen LogP contribution is -2.54. The van der Waals surface area contributed by atoms with Crippen molar-refractivity contribution in [2.24, 2.45) is 0 Å². The van der Waals surface area contributed by atoms with Gasteiger partial charge in [-0.15, -0.1) is 0 Å². The summed E-state index contributed by atoms with van der Waals surface area (Å²) in [5.74, 6) is -1.06. The quantitative estimate of drug-likeness (QED) is 0.639. The molecule has 9 nitrogen and oxygen atoms in total. The van der Waals surface area contributed by atoms with Gasteiger partial charge >= 0.3 is 6.03 Å². The minimum Gasteiger partial charge on any atom is -0.378 e. The fraction of sp³-hybridized carbons (Fsp3) is 0.545. The van der Waals surface area contributed by atoms with Gasteiger partial charge in [-0.1, -0.05) is 43.2 Å². The number of rotatable bonds is 6. The number of nitrogens with zero attached hydrogens (tertiary/aromatic N) is 2. The van der Waals surface area contributed by atoms with E-state index in [1.807, 2.05) is 30.3 Å². The Morgan fingerprint density at radius 1 is 1.10 bits per heavy atom. The molecule has 2 heterocycles. The third-order valence-electron chi connectivity index (χ3n) is 6.24. The molecule has 5 amide bonds. The van der Waals surface area contributed by atoms with E-state index in [0.717, 1.165) is 23.3 Å². The van der Waals surface area contributed by atoms with E-state index < -0.39 is 30.1 Å². The molecule has 3 fully saturated rings. The van der Waals surface area contributed by atoms with Gasteiger partial charge in [0.2, 0.25) is 11.8 Å². The zero-order valence-electron chi connectivity index (χ0n) is 17.5. The van der Waals surface area contributed by atoms with Gasteiger partial charge in [0.05, 0.1) is 13.2 Å². The lowest BCUT2D eigenvalue weighted by Gasteiger charge is -2.31. The zero-order valence-corrected chi connectivity index (χ0v) is 17.5. The molecule has 1 aliphatic carbocycles. The normalized spacial score (nSPS) is 21.3. The molecule has 0 radical (unpaired) electrons. The van der Waals surface area contributed by atoms with E-state index in [4.69, 9.17) is 4.74 Å². The van der Waals surface area contributed by atoms with Gasteiger partial charge in [-0.2, -0.15) is 0 Å². The highest BCUT2D eigenvalue weighted by Gasteiger charge is 2.52. The van der Waals surface area contributed by atoms with Crippen molar-refractivity contribution in [2.75, 3.05) is 32.8 Å². The van der Waals surface area contributed by atoms with Crippen molar-refractivity contribution in [1.29, 1.82) is 0 Å².